The number of hydrogen-bond acceptors (Lipinski definition) is 2. The average molecular weight is 258 g/mol. The van der Waals surface area contributed by atoms with E-state index in [1.807, 2.05) is 0 Å². The highest BCUT2D eigenvalue weighted by molar-refractivity contribution is 5.28. The lowest BCUT2D eigenvalue weighted by molar-refractivity contribution is 0.176. The van der Waals surface area contributed by atoms with Crippen LogP contribution in [0.4, 0.5) is 0 Å². The molecule has 0 spiro atoms. The summed E-state index contributed by atoms with van der Waals surface area (Å²) in [6.45, 7) is 1.07. The van der Waals surface area contributed by atoms with E-state index in [-0.39, 0.29) is 0 Å². The molecule has 19 heavy (non-hydrogen) atoms. The van der Waals surface area contributed by atoms with Crippen LogP contribution >= 0.6 is 0 Å². The minimum Gasteiger partial charge on any atom is -0.328 e. The van der Waals surface area contributed by atoms with Crippen LogP contribution < -0.4 is 5.73 Å². The fraction of sp³-hybridized carbons (Fsp3) is 0.647. The Morgan fingerprint density at radius 2 is 1.63 bits per heavy atom. The van der Waals surface area contributed by atoms with Gasteiger partial charge in [-0.2, -0.15) is 0 Å². The van der Waals surface area contributed by atoms with Crippen molar-refractivity contribution in [2.45, 2.75) is 63.1 Å². The predicted octanol–water partition coefficient (Wildman–Crippen LogP) is 3.27. The maximum absolute atomic E-state index is 5.98. The monoisotopic (exact) mass is 258 g/mol. The molecular formula is C17H26N2. The highest BCUT2D eigenvalue weighted by Gasteiger charge is 2.24. The lowest BCUT2D eigenvalue weighted by Crippen LogP contribution is -2.38. The second kappa shape index (κ2) is 5.64. The van der Waals surface area contributed by atoms with Crippen LogP contribution in [-0.2, 0) is 6.54 Å². The first-order chi connectivity index (χ1) is 9.22. The van der Waals surface area contributed by atoms with Gasteiger partial charge < -0.3 is 5.73 Å². The second-order valence-corrected chi connectivity index (χ2v) is 6.50. The lowest BCUT2D eigenvalue weighted by Gasteiger charge is -2.33. The topological polar surface area (TPSA) is 29.3 Å². The third-order valence-corrected chi connectivity index (χ3v) is 4.83. The molecule has 2 saturated carbocycles. The predicted molar refractivity (Wildman–Crippen MR) is 80.1 cm³/mol. The van der Waals surface area contributed by atoms with Gasteiger partial charge in [-0.25, -0.2) is 0 Å². The Kier molecular flexibility index (Phi) is 3.90. The van der Waals surface area contributed by atoms with Crippen LogP contribution in [0.1, 0.15) is 55.6 Å². The molecule has 0 radical (unpaired) electrons. The minimum atomic E-state index is 0.447. The number of hydrogen-bond donors (Lipinski definition) is 1. The maximum atomic E-state index is 5.98. The van der Waals surface area contributed by atoms with Crippen molar-refractivity contribution in [3.63, 3.8) is 0 Å². The van der Waals surface area contributed by atoms with E-state index in [1.165, 1.54) is 49.7 Å². The second-order valence-electron chi connectivity index (χ2n) is 6.50. The van der Waals surface area contributed by atoms with Crippen molar-refractivity contribution in [3.05, 3.63) is 35.4 Å². The molecule has 0 bridgehead atoms. The summed E-state index contributed by atoms with van der Waals surface area (Å²) in [7, 11) is 2.26. The van der Waals surface area contributed by atoms with Gasteiger partial charge in [0, 0.05) is 18.6 Å². The fourth-order valence-electron chi connectivity index (χ4n) is 3.27. The molecule has 1 aromatic carbocycles. The molecule has 2 fully saturated rings. The number of benzene rings is 1. The Hall–Kier alpha value is -0.860. The van der Waals surface area contributed by atoms with Gasteiger partial charge in [0.15, 0.2) is 0 Å². The molecule has 0 unspecified atom stereocenters. The standard InChI is InChI=1S/C17H26N2/c1-19(17-10-8-16(18)9-11-17)12-13-2-4-14(5-3-13)15-6-7-15/h2-5,15-17H,6-12,18H2,1H3. The smallest absolute Gasteiger partial charge is 0.0233 e. The molecular weight excluding hydrogens is 232 g/mol. The first-order valence-electron chi connectivity index (χ1n) is 7.77. The van der Waals surface area contributed by atoms with Crippen molar-refractivity contribution in [1.82, 2.24) is 4.90 Å². The Bertz CT molecular complexity index is 400. The summed E-state index contributed by atoms with van der Waals surface area (Å²) in [6.07, 6.45) is 7.68. The van der Waals surface area contributed by atoms with Crippen LogP contribution in [0.15, 0.2) is 24.3 Å². The number of nitrogens with two attached hydrogens (primary N) is 1. The van der Waals surface area contributed by atoms with Crippen molar-refractivity contribution in [2.24, 2.45) is 5.73 Å². The molecule has 0 aromatic heterocycles. The van der Waals surface area contributed by atoms with Gasteiger partial charge >= 0.3 is 0 Å². The minimum absolute atomic E-state index is 0.447. The van der Waals surface area contributed by atoms with Gasteiger partial charge in [0.2, 0.25) is 0 Å². The maximum Gasteiger partial charge on any atom is 0.0233 e. The third-order valence-electron chi connectivity index (χ3n) is 4.83. The zero-order valence-electron chi connectivity index (χ0n) is 12.0. The molecule has 0 atom stereocenters. The summed E-state index contributed by atoms with van der Waals surface area (Å²) in [5, 5.41) is 0. The molecule has 1 aromatic rings. The van der Waals surface area contributed by atoms with Crippen molar-refractivity contribution >= 4 is 0 Å². The van der Waals surface area contributed by atoms with Crippen LogP contribution in [-0.4, -0.2) is 24.0 Å². The average Bonchev–Trinajstić information content (AvgIpc) is 3.25. The summed E-state index contributed by atoms with van der Waals surface area (Å²) >= 11 is 0. The largest absolute Gasteiger partial charge is 0.328 e. The zero-order valence-corrected chi connectivity index (χ0v) is 12.0. The van der Waals surface area contributed by atoms with Crippen molar-refractivity contribution in [3.8, 4) is 0 Å². The van der Waals surface area contributed by atoms with Crippen molar-refractivity contribution < 1.29 is 0 Å². The van der Waals surface area contributed by atoms with E-state index < -0.39 is 0 Å². The van der Waals surface area contributed by atoms with Gasteiger partial charge in [0.25, 0.3) is 0 Å². The van der Waals surface area contributed by atoms with Gasteiger partial charge in [0.1, 0.15) is 0 Å². The quantitative estimate of drug-likeness (QED) is 0.898. The molecule has 104 valence electrons. The molecule has 0 amide bonds. The van der Waals surface area contributed by atoms with Gasteiger partial charge in [-0.1, -0.05) is 24.3 Å². The summed E-state index contributed by atoms with van der Waals surface area (Å²) in [4.78, 5) is 2.51. The van der Waals surface area contributed by atoms with Crippen LogP contribution in [0.5, 0.6) is 0 Å². The molecule has 2 N–H and O–H groups in total. The van der Waals surface area contributed by atoms with E-state index in [1.54, 1.807) is 0 Å². The molecule has 0 saturated heterocycles. The van der Waals surface area contributed by atoms with Gasteiger partial charge in [0.05, 0.1) is 0 Å². The molecule has 0 heterocycles. The van der Waals surface area contributed by atoms with Gasteiger partial charge in [-0.05, 0) is 62.6 Å². The molecule has 2 aliphatic carbocycles. The summed E-state index contributed by atoms with van der Waals surface area (Å²) in [5.74, 6) is 0.867. The summed E-state index contributed by atoms with van der Waals surface area (Å²) < 4.78 is 0. The van der Waals surface area contributed by atoms with Gasteiger partial charge in [-0.15, -0.1) is 0 Å². The fourth-order valence-corrected chi connectivity index (χ4v) is 3.27. The normalized spacial score (nSPS) is 27.7. The highest BCUT2D eigenvalue weighted by Crippen LogP contribution is 2.39. The number of rotatable bonds is 4. The summed E-state index contributed by atoms with van der Waals surface area (Å²) in [6, 6.07) is 10.5. The molecule has 2 aliphatic rings. The van der Waals surface area contributed by atoms with Crippen LogP contribution in [0.3, 0.4) is 0 Å². The van der Waals surface area contributed by atoms with Crippen molar-refractivity contribution in [2.75, 3.05) is 7.05 Å². The summed E-state index contributed by atoms with van der Waals surface area (Å²) in [5.41, 5.74) is 8.97. The van der Waals surface area contributed by atoms with E-state index in [9.17, 15) is 0 Å². The van der Waals surface area contributed by atoms with Crippen molar-refractivity contribution in [1.29, 1.82) is 0 Å². The Morgan fingerprint density at radius 3 is 2.21 bits per heavy atom. The molecule has 0 aliphatic heterocycles. The van der Waals surface area contributed by atoms with E-state index in [0.29, 0.717) is 6.04 Å². The van der Waals surface area contributed by atoms with E-state index in [2.05, 4.69) is 36.2 Å². The SMILES string of the molecule is CN(Cc1ccc(C2CC2)cc1)C1CCC(N)CC1. The Balaban J connectivity index is 1.54. The Labute approximate surface area is 117 Å². The van der Waals surface area contributed by atoms with Crippen LogP contribution in [0.2, 0.25) is 0 Å². The first kappa shape index (κ1) is 13.1. The van der Waals surface area contributed by atoms with Crippen LogP contribution in [0, 0.1) is 0 Å². The zero-order chi connectivity index (χ0) is 13.2. The van der Waals surface area contributed by atoms with E-state index >= 15 is 0 Å². The molecule has 3 rings (SSSR count). The lowest BCUT2D eigenvalue weighted by atomic mass is 9.91. The van der Waals surface area contributed by atoms with Crippen LogP contribution in [0.25, 0.3) is 0 Å². The molecule has 2 heteroatoms. The molecule has 2 nitrogen and oxygen atoms in total. The number of nitrogens with zero attached hydrogens (tertiary/aromatic N) is 1. The van der Waals surface area contributed by atoms with E-state index in [4.69, 9.17) is 5.73 Å². The van der Waals surface area contributed by atoms with Gasteiger partial charge in [-0.3, -0.25) is 4.90 Å². The third kappa shape index (κ3) is 3.37. The first-order valence-corrected chi connectivity index (χ1v) is 7.77. The highest BCUT2D eigenvalue weighted by atomic mass is 15.1. The van der Waals surface area contributed by atoms with E-state index in [0.717, 1.165) is 18.5 Å². The Morgan fingerprint density at radius 1 is 1.00 bits per heavy atom.